The van der Waals surface area contributed by atoms with Gasteiger partial charge in [-0.2, -0.15) is 0 Å². The fourth-order valence-corrected chi connectivity index (χ4v) is 2.27. The normalized spacial score (nSPS) is 11.1. The predicted molar refractivity (Wildman–Crippen MR) is 129 cm³/mol. The molecule has 0 amide bonds. The summed E-state index contributed by atoms with van der Waals surface area (Å²) in [6.45, 7) is 0. The van der Waals surface area contributed by atoms with Crippen molar-refractivity contribution in [3.63, 3.8) is 0 Å². The smallest absolute Gasteiger partial charge is 0.336 e. The van der Waals surface area contributed by atoms with Gasteiger partial charge >= 0.3 is 53.7 Å². The van der Waals surface area contributed by atoms with Crippen LogP contribution in [0.3, 0.4) is 0 Å². The summed E-state index contributed by atoms with van der Waals surface area (Å²) in [5, 5.41) is 82.0. The van der Waals surface area contributed by atoms with Crippen LogP contribution in [0.4, 0.5) is 0 Å². The molecule has 22 nitrogen and oxygen atoms in total. The Balaban J connectivity index is -0.000000232. The number of carboxylic acids is 8. The SMILES string of the molecule is COC(=O)CC(=O)O.NC(CSCC(=O)O)C(=O)O.O=C(O)CC(O)(CC(=O)O)C(=O)O.O=C(O)CC(OO)C(=O)O. The number of carbonyl (C=O) groups excluding carboxylic acids is 1. The number of thioether (sulfide) groups is 1. The van der Waals surface area contributed by atoms with Gasteiger partial charge in [0.15, 0.2) is 11.7 Å². The molecule has 0 bridgehead atoms. The molecule has 0 aliphatic heterocycles. The molecule has 2 unspecified atom stereocenters. The third kappa shape index (κ3) is 30.0. The van der Waals surface area contributed by atoms with Crippen molar-refractivity contribution in [2.24, 2.45) is 5.73 Å². The topological polar surface area (TPSA) is 400 Å². The summed E-state index contributed by atoms with van der Waals surface area (Å²) >= 11 is 0.992. The number of esters is 1. The lowest BCUT2D eigenvalue weighted by molar-refractivity contribution is -0.277. The molecule has 2 atom stereocenters. The molecule has 0 spiro atoms. The van der Waals surface area contributed by atoms with Crippen LogP contribution in [0.1, 0.15) is 25.7 Å². The predicted octanol–water partition coefficient (Wildman–Crippen LogP) is -2.99. The van der Waals surface area contributed by atoms with Gasteiger partial charge in [-0.3, -0.25) is 38.8 Å². The lowest BCUT2D eigenvalue weighted by Crippen LogP contribution is -2.42. The van der Waals surface area contributed by atoms with Gasteiger partial charge in [0, 0.05) is 5.75 Å². The Kier molecular flexibility index (Phi) is 25.6. The number of carbonyl (C=O) groups is 9. The molecule has 0 aliphatic carbocycles. The van der Waals surface area contributed by atoms with Crippen LogP contribution in [0.25, 0.3) is 0 Å². The van der Waals surface area contributed by atoms with E-state index in [4.69, 9.17) is 56.9 Å². The average molecular weight is 639 g/mol. The number of nitrogens with two attached hydrogens (primary N) is 1. The number of hydrogen-bond donors (Lipinski definition) is 11. The molecule has 0 aromatic rings. The van der Waals surface area contributed by atoms with E-state index in [2.05, 4.69) is 9.62 Å². The summed E-state index contributed by atoms with van der Waals surface area (Å²) in [5.41, 5.74) is 2.35. The van der Waals surface area contributed by atoms with Crippen molar-refractivity contribution >= 4 is 65.5 Å². The number of methoxy groups -OCH3 is 1. The van der Waals surface area contributed by atoms with E-state index >= 15 is 0 Å². The minimum Gasteiger partial charge on any atom is -0.481 e. The number of carboxylic acid groups (broad SMARTS) is 8. The Hall–Kier alpha value is -4.58. The van der Waals surface area contributed by atoms with Gasteiger partial charge in [-0.1, -0.05) is 0 Å². The van der Waals surface area contributed by atoms with E-state index < -0.39 is 97.2 Å². The molecule has 0 rings (SSSR count). The second-order valence-electron chi connectivity index (χ2n) is 7.01. The van der Waals surface area contributed by atoms with Crippen LogP contribution >= 0.6 is 11.8 Å². The van der Waals surface area contributed by atoms with Crippen LogP contribution in [0.2, 0.25) is 0 Å². The molecule has 0 saturated heterocycles. The van der Waals surface area contributed by atoms with Gasteiger partial charge in [0.25, 0.3) is 0 Å². The van der Waals surface area contributed by atoms with Crippen molar-refractivity contribution in [1.82, 2.24) is 0 Å². The Morgan fingerprint density at radius 1 is 0.738 bits per heavy atom. The molecule has 0 heterocycles. The summed E-state index contributed by atoms with van der Waals surface area (Å²) in [7, 11) is 1.14. The molecule has 0 radical (unpaired) electrons. The lowest BCUT2D eigenvalue weighted by Gasteiger charge is -2.18. The monoisotopic (exact) mass is 639 g/mol. The zero-order chi connectivity index (χ0) is 34.2. The van der Waals surface area contributed by atoms with Crippen LogP contribution in [0, 0.1) is 0 Å². The van der Waals surface area contributed by atoms with Crippen LogP contribution in [0.15, 0.2) is 0 Å². The first kappa shape index (κ1) is 44.4. The fraction of sp³-hybridized carbons (Fsp3) is 0.526. The summed E-state index contributed by atoms with van der Waals surface area (Å²) in [5.74, 6) is -11.8. The summed E-state index contributed by atoms with van der Waals surface area (Å²) in [6.07, 6.45) is -5.29. The van der Waals surface area contributed by atoms with Gasteiger partial charge in [0.1, 0.15) is 12.5 Å². The standard InChI is InChI=1S/C6H8O7.C5H9NO4S.C4H6O6.C4H6O4/c7-3(8)1-6(13,5(11)12)2-4(9)10;6-3(5(9)10)1-11-2-4(7)8;5-3(6)1-2(10-9)4(7)8;1-8-4(7)2-3(5)6/h13H,1-2H2,(H,7,8)(H,9,10)(H,11,12);3H,1-2,6H2,(H,7,8)(H,9,10);2,9H,1H2,(H,5,6)(H,7,8);2H2,1H3,(H,5,6). The quantitative estimate of drug-likeness (QED) is 0.0347. The van der Waals surface area contributed by atoms with Crippen LogP contribution in [-0.2, 0) is 52.8 Å². The molecule has 23 heteroatoms. The Morgan fingerprint density at radius 2 is 1.19 bits per heavy atom. The van der Waals surface area contributed by atoms with Crippen molar-refractivity contribution in [3.05, 3.63) is 0 Å². The highest BCUT2D eigenvalue weighted by Gasteiger charge is 2.40. The van der Waals surface area contributed by atoms with E-state index in [9.17, 15) is 43.2 Å². The fourth-order valence-electron chi connectivity index (χ4n) is 1.58. The first-order valence-corrected chi connectivity index (χ1v) is 11.4. The van der Waals surface area contributed by atoms with E-state index in [0.29, 0.717) is 0 Å². The van der Waals surface area contributed by atoms with Gasteiger partial charge < -0.3 is 56.4 Å². The van der Waals surface area contributed by atoms with E-state index in [1.165, 1.54) is 0 Å². The van der Waals surface area contributed by atoms with Crippen molar-refractivity contribution in [3.8, 4) is 0 Å². The first-order chi connectivity index (χ1) is 19.1. The lowest BCUT2D eigenvalue weighted by atomic mass is 9.96. The number of aliphatic hydroxyl groups is 1. The van der Waals surface area contributed by atoms with E-state index in [-0.39, 0.29) is 11.5 Å². The molecular weight excluding hydrogens is 610 g/mol. The molecule has 242 valence electrons. The molecule has 42 heavy (non-hydrogen) atoms. The molecule has 12 N–H and O–H groups in total. The number of hydrogen-bond acceptors (Lipinski definition) is 15. The maximum atomic E-state index is 10.3. The molecule has 0 aromatic heterocycles. The van der Waals surface area contributed by atoms with Crippen molar-refractivity contribution in [1.29, 1.82) is 0 Å². The molecule has 0 aliphatic rings. The van der Waals surface area contributed by atoms with Gasteiger partial charge in [-0.15, -0.1) is 11.8 Å². The third-order valence-electron chi connectivity index (χ3n) is 3.41. The Labute approximate surface area is 237 Å². The first-order valence-electron chi connectivity index (χ1n) is 10.3. The zero-order valence-corrected chi connectivity index (χ0v) is 22.2. The Bertz CT molecular complexity index is 934. The minimum atomic E-state index is -2.74. The largest absolute Gasteiger partial charge is 0.481 e. The highest BCUT2D eigenvalue weighted by Crippen LogP contribution is 2.15. The highest BCUT2D eigenvalue weighted by atomic mass is 32.2. The zero-order valence-electron chi connectivity index (χ0n) is 21.3. The van der Waals surface area contributed by atoms with E-state index in [0.717, 1.165) is 18.9 Å². The van der Waals surface area contributed by atoms with Crippen LogP contribution in [0.5, 0.6) is 0 Å². The van der Waals surface area contributed by atoms with Crippen LogP contribution < -0.4 is 5.73 Å². The second kappa shape index (κ2) is 24.2. The summed E-state index contributed by atoms with van der Waals surface area (Å²) in [6, 6.07) is -0.973. The maximum Gasteiger partial charge on any atom is 0.336 e. The molecule has 0 saturated carbocycles. The van der Waals surface area contributed by atoms with Gasteiger partial charge in [0.2, 0.25) is 0 Å². The molecule has 0 fully saturated rings. The van der Waals surface area contributed by atoms with Crippen molar-refractivity contribution < 1.29 is 104 Å². The van der Waals surface area contributed by atoms with E-state index in [1.807, 2.05) is 0 Å². The molecule has 0 aromatic carbocycles. The van der Waals surface area contributed by atoms with Gasteiger partial charge in [-0.05, 0) is 0 Å². The second-order valence-corrected chi connectivity index (χ2v) is 8.04. The number of ether oxygens (including phenoxy) is 1. The third-order valence-corrected chi connectivity index (χ3v) is 4.46. The maximum absolute atomic E-state index is 10.3. The Morgan fingerprint density at radius 3 is 1.38 bits per heavy atom. The average Bonchev–Trinajstić information content (AvgIpc) is 2.81. The molecular formula is C19H29NO21S. The van der Waals surface area contributed by atoms with Crippen molar-refractivity contribution in [2.75, 3.05) is 18.6 Å². The number of rotatable bonds is 16. The van der Waals surface area contributed by atoms with E-state index in [1.54, 1.807) is 0 Å². The highest BCUT2D eigenvalue weighted by molar-refractivity contribution is 8.00. The van der Waals surface area contributed by atoms with Gasteiger partial charge in [0.05, 0.1) is 32.1 Å². The van der Waals surface area contributed by atoms with Crippen LogP contribution in [-0.4, -0.2) is 141 Å². The summed E-state index contributed by atoms with van der Waals surface area (Å²) < 4.78 is 4.04. The van der Waals surface area contributed by atoms with Crippen molar-refractivity contribution in [2.45, 2.75) is 43.4 Å². The summed E-state index contributed by atoms with van der Waals surface area (Å²) in [4.78, 5) is 93.3. The minimum absolute atomic E-state index is 0.110. The number of aliphatic carboxylic acids is 8. The van der Waals surface area contributed by atoms with Gasteiger partial charge in [-0.25, -0.2) is 14.5 Å².